The number of nitrogens with zero attached hydrogens (tertiary/aromatic N) is 2. The van der Waals surface area contributed by atoms with E-state index in [1.165, 1.54) is 16.3 Å². The molecule has 0 saturated carbocycles. The average molecular weight is 357 g/mol. The fraction of sp³-hybridized carbons (Fsp3) is 0.111. The first-order valence-electron chi connectivity index (χ1n) is 7.46. The number of hydrogen-bond acceptors (Lipinski definition) is 4. The number of thiophene rings is 1. The van der Waals surface area contributed by atoms with Gasteiger partial charge in [0.15, 0.2) is 0 Å². The molecule has 24 heavy (non-hydrogen) atoms. The van der Waals surface area contributed by atoms with E-state index in [2.05, 4.69) is 5.10 Å². The Hall–Kier alpha value is -2.37. The summed E-state index contributed by atoms with van der Waals surface area (Å²) in [6, 6.07) is 14.6. The first-order chi connectivity index (χ1) is 11.7. The summed E-state index contributed by atoms with van der Waals surface area (Å²) in [5.41, 5.74) is 1.80. The van der Waals surface area contributed by atoms with Crippen molar-refractivity contribution < 1.29 is 9.21 Å². The van der Waals surface area contributed by atoms with Crippen molar-refractivity contribution in [2.45, 2.75) is 12.5 Å². The molecule has 120 valence electrons. The third-order valence-corrected chi connectivity index (χ3v) is 5.01. The Balaban J connectivity index is 1.71. The fourth-order valence-corrected chi connectivity index (χ4v) is 3.51. The minimum absolute atomic E-state index is 0.115. The van der Waals surface area contributed by atoms with Gasteiger partial charge in [-0.05, 0) is 41.3 Å². The molecule has 1 amide bonds. The Kier molecular flexibility index (Phi) is 3.96. The maximum Gasteiger partial charge on any atom is 0.284 e. The van der Waals surface area contributed by atoms with Crippen LogP contribution in [-0.2, 0) is 0 Å². The zero-order valence-corrected chi connectivity index (χ0v) is 14.1. The van der Waals surface area contributed by atoms with Gasteiger partial charge in [0.25, 0.3) is 5.91 Å². The maximum absolute atomic E-state index is 12.8. The molecule has 4 rings (SSSR count). The summed E-state index contributed by atoms with van der Waals surface area (Å²) >= 11 is 7.36. The Morgan fingerprint density at radius 1 is 1.21 bits per heavy atom. The van der Waals surface area contributed by atoms with Crippen molar-refractivity contribution in [1.29, 1.82) is 0 Å². The first-order valence-corrected chi connectivity index (χ1v) is 8.72. The van der Waals surface area contributed by atoms with Crippen LogP contribution in [0.5, 0.6) is 0 Å². The lowest BCUT2D eigenvalue weighted by Crippen LogP contribution is -2.26. The van der Waals surface area contributed by atoms with E-state index in [9.17, 15) is 4.79 Å². The van der Waals surface area contributed by atoms with Crippen LogP contribution in [0.15, 0.2) is 69.7 Å². The molecule has 0 spiro atoms. The van der Waals surface area contributed by atoms with E-state index in [1.54, 1.807) is 6.26 Å². The summed E-state index contributed by atoms with van der Waals surface area (Å²) < 4.78 is 5.53. The predicted octanol–water partition coefficient (Wildman–Crippen LogP) is 4.99. The Morgan fingerprint density at radius 3 is 2.71 bits per heavy atom. The molecule has 0 fully saturated rings. The van der Waals surface area contributed by atoms with Gasteiger partial charge in [-0.2, -0.15) is 5.10 Å². The first kappa shape index (κ1) is 15.2. The van der Waals surface area contributed by atoms with Crippen LogP contribution in [0.1, 0.15) is 33.5 Å². The van der Waals surface area contributed by atoms with Crippen LogP contribution in [0.2, 0.25) is 5.02 Å². The monoisotopic (exact) mass is 356 g/mol. The number of hydrazone groups is 1. The molecule has 1 aromatic carbocycles. The zero-order valence-electron chi connectivity index (χ0n) is 12.6. The van der Waals surface area contributed by atoms with E-state index >= 15 is 0 Å². The highest BCUT2D eigenvalue weighted by molar-refractivity contribution is 7.12. The molecule has 0 unspecified atom stereocenters. The molecule has 1 atom stereocenters. The number of benzene rings is 1. The number of carbonyl (C=O) groups is 1. The number of rotatable bonds is 3. The molecule has 0 bridgehead atoms. The highest BCUT2D eigenvalue weighted by Crippen LogP contribution is 2.34. The summed E-state index contributed by atoms with van der Waals surface area (Å²) in [6.45, 7) is 0. The maximum atomic E-state index is 12.8. The molecule has 2 aromatic heterocycles. The molecule has 6 heteroatoms. The molecule has 0 N–H and O–H groups in total. The van der Waals surface area contributed by atoms with E-state index in [4.69, 9.17) is 16.0 Å². The van der Waals surface area contributed by atoms with Crippen molar-refractivity contribution >= 4 is 34.6 Å². The van der Waals surface area contributed by atoms with Gasteiger partial charge in [-0.3, -0.25) is 4.79 Å². The van der Waals surface area contributed by atoms with E-state index in [0.717, 1.165) is 17.0 Å². The highest BCUT2D eigenvalue weighted by atomic mass is 35.5. The second kappa shape index (κ2) is 6.26. The van der Waals surface area contributed by atoms with E-state index in [1.807, 2.05) is 53.9 Å². The van der Waals surface area contributed by atoms with E-state index in [-0.39, 0.29) is 11.9 Å². The van der Waals surface area contributed by atoms with Gasteiger partial charge < -0.3 is 4.42 Å². The summed E-state index contributed by atoms with van der Waals surface area (Å²) in [7, 11) is 0. The van der Waals surface area contributed by atoms with Crippen LogP contribution in [0.3, 0.4) is 0 Å². The Morgan fingerprint density at radius 2 is 2.04 bits per heavy atom. The summed E-state index contributed by atoms with van der Waals surface area (Å²) in [5, 5.41) is 8.66. The van der Waals surface area contributed by atoms with Crippen molar-refractivity contribution in [2.75, 3.05) is 0 Å². The van der Waals surface area contributed by atoms with Gasteiger partial charge in [0.1, 0.15) is 11.8 Å². The number of halogens is 1. The minimum Gasteiger partial charge on any atom is -0.467 e. The number of furan rings is 1. The van der Waals surface area contributed by atoms with Gasteiger partial charge in [0, 0.05) is 11.4 Å². The van der Waals surface area contributed by atoms with Crippen LogP contribution < -0.4 is 0 Å². The van der Waals surface area contributed by atoms with Gasteiger partial charge in [0.2, 0.25) is 0 Å². The molecule has 3 aromatic rings. The van der Waals surface area contributed by atoms with E-state index < -0.39 is 0 Å². The molecule has 1 aliphatic rings. The van der Waals surface area contributed by atoms with Crippen molar-refractivity contribution in [3.05, 3.63) is 81.4 Å². The second-order valence-corrected chi connectivity index (χ2v) is 6.80. The molecule has 0 saturated heterocycles. The molecule has 0 aliphatic carbocycles. The van der Waals surface area contributed by atoms with Crippen LogP contribution >= 0.6 is 22.9 Å². The highest BCUT2D eigenvalue weighted by Gasteiger charge is 2.35. The smallest absolute Gasteiger partial charge is 0.284 e. The standard InChI is InChI=1S/C18H13ClN2O2S/c19-13-7-5-12(6-8-13)14-11-15(16-3-1-9-23-16)21(20-14)18(22)17-4-2-10-24-17/h1-10,15H,11H2/t15-/m1/s1. The van der Waals surface area contributed by atoms with Crippen LogP contribution in [0.25, 0.3) is 0 Å². The molecular weight excluding hydrogens is 344 g/mol. The lowest BCUT2D eigenvalue weighted by atomic mass is 10.0. The van der Waals surface area contributed by atoms with E-state index in [0.29, 0.717) is 16.3 Å². The lowest BCUT2D eigenvalue weighted by molar-refractivity contribution is 0.0698. The van der Waals surface area contributed by atoms with Gasteiger partial charge in [-0.1, -0.05) is 29.8 Å². The van der Waals surface area contributed by atoms with Crippen LogP contribution in [0.4, 0.5) is 0 Å². The van der Waals surface area contributed by atoms with Crippen LogP contribution in [0, 0.1) is 0 Å². The van der Waals surface area contributed by atoms with Gasteiger partial charge in [-0.15, -0.1) is 11.3 Å². The topological polar surface area (TPSA) is 45.8 Å². The predicted molar refractivity (Wildman–Crippen MR) is 94.5 cm³/mol. The van der Waals surface area contributed by atoms with Crippen molar-refractivity contribution in [3.8, 4) is 0 Å². The Bertz CT molecular complexity index is 870. The molecule has 1 aliphatic heterocycles. The molecule has 4 nitrogen and oxygen atoms in total. The second-order valence-electron chi connectivity index (χ2n) is 5.42. The largest absolute Gasteiger partial charge is 0.467 e. The third-order valence-electron chi connectivity index (χ3n) is 3.90. The molecular formula is C18H13ClN2O2S. The van der Waals surface area contributed by atoms with Gasteiger partial charge >= 0.3 is 0 Å². The molecule has 0 radical (unpaired) electrons. The van der Waals surface area contributed by atoms with Gasteiger partial charge in [0.05, 0.1) is 16.9 Å². The number of amides is 1. The average Bonchev–Trinajstić information content (AvgIpc) is 3.34. The van der Waals surface area contributed by atoms with Gasteiger partial charge in [-0.25, -0.2) is 5.01 Å². The minimum atomic E-state index is -0.236. The Labute approximate surface area is 148 Å². The number of carbonyl (C=O) groups excluding carboxylic acids is 1. The fourth-order valence-electron chi connectivity index (χ4n) is 2.73. The SMILES string of the molecule is O=C(c1cccs1)N1N=C(c2ccc(Cl)cc2)C[C@@H]1c1ccco1. The lowest BCUT2D eigenvalue weighted by Gasteiger charge is -2.18. The summed E-state index contributed by atoms with van der Waals surface area (Å²) in [6.07, 6.45) is 2.22. The van der Waals surface area contributed by atoms with Crippen molar-refractivity contribution in [3.63, 3.8) is 0 Å². The summed E-state index contributed by atoms with van der Waals surface area (Å²) in [4.78, 5) is 13.5. The molecule has 3 heterocycles. The van der Waals surface area contributed by atoms with Crippen molar-refractivity contribution in [2.24, 2.45) is 5.10 Å². The van der Waals surface area contributed by atoms with Crippen LogP contribution in [-0.4, -0.2) is 16.6 Å². The normalized spacial score (nSPS) is 17.1. The quantitative estimate of drug-likeness (QED) is 0.664. The zero-order chi connectivity index (χ0) is 16.5. The summed E-state index contributed by atoms with van der Waals surface area (Å²) in [5.74, 6) is 0.614. The van der Waals surface area contributed by atoms with Crippen molar-refractivity contribution in [1.82, 2.24) is 5.01 Å². The third kappa shape index (κ3) is 2.77. The number of hydrogen-bond donors (Lipinski definition) is 0.